The molecule has 0 aliphatic carbocycles. The summed E-state index contributed by atoms with van der Waals surface area (Å²) in [5.41, 5.74) is 4.30. The van der Waals surface area contributed by atoms with Crippen molar-refractivity contribution in [3.8, 4) is 11.5 Å². The van der Waals surface area contributed by atoms with Gasteiger partial charge in [0.25, 0.3) is 0 Å². The van der Waals surface area contributed by atoms with E-state index in [0.29, 0.717) is 5.82 Å². The van der Waals surface area contributed by atoms with Crippen LogP contribution >= 0.6 is 0 Å². The van der Waals surface area contributed by atoms with Gasteiger partial charge in [-0.25, -0.2) is 9.97 Å². The molecule has 0 radical (unpaired) electrons. The molecule has 2 aromatic carbocycles. The maximum atomic E-state index is 5.40. The minimum atomic E-state index is 0.260. The van der Waals surface area contributed by atoms with E-state index in [9.17, 15) is 0 Å². The SMILES string of the molecule is Cc1ccc(Nc2cc(Nc3ccc4c(c3)OCO4)ncn2)c(C)c1. The summed E-state index contributed by atoms with van der Waals surface area (Å²) < 4.78 is 10.7. The number of hydrogen-bond acceptors (Lipinski definition) is 6. The Hall–Kier alpha value is -3.28. The van der Waals surface area contributed by atoms with Crippen LogP contribution in [-0.2, 0) is 0 Å². The van der Waals surface area contributed by atoms with Crippen LogP contribution in [-0.4, -0.2) is 16.8 Å². The molecule has 6 heteroatoms. The van der Waals surface area contributed by atoms with Crippen LogP contribution in [0.5, 0.6) is 11.5 Å². The Balaban J connectivity index is 1.53. The topological polar surface area (TPSA) is 68.3 Å². The lowest BCUT2D eigenvalue weighted by Gasteiger charge is -2.11. The third-order valence-electron chi connectivity index (χ3n) is 3.96. The minimum absolute atomic E-state index is 0.260. The van der Waals surface area contributed by atoms with Gasteiger partial charge in [0.2, 0.25) is 6.79 Å². The van der Waals surface area contributed by atoms with E-state index in [1.807, 2.05) is 24.3 Å². The van der Waals surface area contributed by atoms with Gasteiger partial charge in [-0.05, 0) is 37.6 Å². The molecule has 4 rings (SSSR count). The molecule has 126 valence electrons. The highest BCUT2D eigenvalue weighted by atomic mass is 16.7. The third kappa shape index (κ3) is 3.33. The predicted octanol–water partition coefficient (Wildman–Crippen LogP) is 4.31. The molecule has 0 spiro atoms. The maximum absolute atomic E-state index is 5.40. The molecule has 0 saturated heterocycles. The number of aryl methyl sites for hydroxylation is 2. The second-order valence-electron chi connectivity index (χ2n) is 5.92. The zero-order valence-corrected chi connectivity index (χ0v) is 14.0. The smallest absolute Gasteiger partial charge is 0.231 e. The van der Waals surface area contributed by atoms with Crippen LogP contribution < -0.4 is 20.1 Å². The summed E-state index contributed by atoms with van der Waals surface area (Å²) in [7, 11) is 0. The average Bonchev–Trinajstić information content (AvgIpc) is 3.05. The molecule has 2 heterocycles. The van der Waals surface area contributed by atoms with Crippen molar-refractivity contribution in [3.05, 3.63) is 59.9 Å². The second-order valence-corrected chi connectivity index (χ2v) is 5.92. The van der Waals surface area contributed by atoms with E-state index in [1.54, 1.807) is 0 Å². The van der Waals surface area contributed by atoms with E-state index < -0.39 is 0 Å². The Kier molecular flexibility index (Phi) is 3.85. The van der Waals surface area contributed by atoms with Gasteiger partial charge in [-0.3, -0.25) is 0 Å². The van der Waals surface area contributed by atoms with E-state index in [-0.39, 0.29) is 6.79 Å². The van der Waals surface area contributed by atoms with E-state index in [1.165, 1.54) is 17.5 Å². The number of fused-ring (bicyclic) bond motifs is 1. The van der Waals surface area contributed by atoms with Crippen LogP contribution in [0.4, 0.5) is 23.0 Å². The summed E-state index contributed by atoms with van der Waals surface area (Å²) in [6.45, 7) is 4.41. The van der Waals surface area contributed by atoms with Gasteiger partial charge >= 0.3 is 0 Å². The van der Waals surface area contributed by atoms with Gasteiger partial charge in [0.05, 0.1) is 0 Å². The fourth-order valence-electron chi connectivity index (χ4n) is 2.71. The van der Waals surface area contributed by atoms with Crippen molar-refractivity contribution in [3.63, 3.8) is 0 Å². The van der Waals surface area contributed by atoms with Crippen LogP contribution in [0, 0.1) is 13.8 Å². The number of benzene rings is 2. The number of ether oxygens (including phenoxy) is 2. The molecule has 1 aliphatic heterocycles. The summed E-state index contributed by atoms with van der Waals surface area (Å²) in [6.07, 6.45) is 1.53. The normalized spacial score (nSPS) is 12.1. The van der Waals surface area contributed by atoms with Gasteiger partial charge in [-0.2, -0.15) is 0 Å². The van der Waals surface area contributed by atoms with Crippen molar-refractivity contribution in [2.45, 2.75) is 13.8 Å². The summed E-state index contributed by atoms with van der Waals surface area (Å²) in [4.78, 5) is 8.56. The number of nitrogens with zero attached hydrogens (tertiary/aromatic N) is 2. The van der Waals surface area contributed by atoms with Crippen LogP contribution in [0.25, 0.3) is 0 Å². The molecule has 0 fully saturated rings. The molecule has 1 aliphatic rings. The number of rotatable bonds is 4. The Morgan fingerprint density at radius 1 is 0.840 bits per heavy atom. The molecule has 0 atom stereocenters. The van der Waals surface area contributed by atoms with Gasteiger partial charge in [-0.15, -0.1) is 0 Å². The lowest BCUT2D eigenvalue weighted by Crippen LogP contribution is -1.99. The molecule has 1 aromatic heterocycles. The Morgan fingerprint density at radius 2 is 1.64 bits per heavy atom. The molecule has 3 aromatic rings. The molecular weight excluding hydrogens is 316 g/mol. The fourth-order valence-corrected chi connectivity index (χ4v) is 2.71. The minimum Gasteiger partial charge on any atom is -0.454 e. The number of anilines is 4. The van der Waals surface area contributed by atoms with Gasteiger partial charge in [0.1, 0.15) is 18.0 Å². The van der Waals surface area contributed by atoms with E-state index >= 15 is 0 Å². The average molecular weight is 334 g/mol. The Bertz CT molecular complexity index is 927. The lowest BCUT2D eigenvalue weighted by atomic mass is 10.1. The number of nitrogens with one attached hydrogen (secondary N) is 2. The fraction of sp³-hybridized carbons (Fsp3) is 0.158. The first-order chi connectivity index (χ1) is 12.2. The molecule has 0 amide bonds. The van der Waals surface area contributed by atoms with Gasteiger partial charge in [-0.1, -0.05) is 17.7 Å². The molecule has 2 N–H and O–H groups in total. The molecule has 0 saturated carbocycles. The first-order valence-corrected chi connectivity index (χ1v) is 8.00. The standard InChI is InChI=1S/C19H18N4O2/c1-12-3-5-15(13(2)7-12)23-19-9-18(20-10-21-19)22-14-4-6-16-17(8-14)25-11-24-16/h3-10H,11H2,1-2H3,(H2,20,21,22,23). The number of aromatic nitrogens is 2. The first-order valence-electron chi connectivity index (χ1n) is 8.00. The second kappa shape index (κ2) is 6.32. The molecule has 0 bridgehead atoms. The highest BCUT2D eigenvalue weighted by molar-refractivity contribution is 5.66. The Morgan fingerprint density at radius 3 is 2.48 bits per heavy atom. The molecule has 25 heavy (non-hydrogen) atoms. The highest BCUT2D eigenvalue weighted by Crippen LogP contribution is 2.35. The van der Waals surface area contributed by atoms with Crippen molar-refractivity contribution in [1.29, 1.82) is 0 Å². The van der Waals surface area contributed by atoms with E-state index in [2.05, 4.69) is 52.6 Å². The van der Waals surface area contributed by atoms with Crippen LogP contribution in [0.1, 0.15) is 11.1 Å². The van der Waals surface area contributed by atoms with Crippen molar-refractivity contribution in [2.75, 3.05) is 17.4 Å². The van der Waals surface area contributed by atoms with Crippen molar-refractivity contribution < 1.29 is 9.47 Å². The monoisotopic (exact) mass is 334 g/mol. The van der Waals surface area contributed by atoms with Crippen molar-refractivity contribution in [1.82, 2.24) is 9.97 Å². The van der Waals surface area contributed by atoms with Gasteiger partial charge in [0.15, 0.2) is 11.5 Å². The third-order valence-corrected chi connectivity index (χ3v) is 3.96. The van der Waals surface area contributed by atoms with E-state index in [4.69, 9.17) is 9.47 Å². The van der Waals surface area contributed by atoms with Crippen molar-refractivity contribution in [2.24, 2.45) is 0 Å². The predicted molar refractivity (Wildman–Crippen MR) is 97.1 cm³/mol. The van der Waals surface area contributed by atoms with E-state index in [0.717, 1.165) is 28.7 Å². The van der Waals surface area contributed by atoms with Crippen LogP contribution in [0.2, 0.25) is 0 Å². The highest BCUT2D eigenvalue weighted by Gasteiger charge is 2.13. The van der Waals surface area contributed by atoms with Gasteiger partial charge in [0, 0.05) is 23.5 Å². The molecular formula is C19H18N4O2. The van der Waals surface area contributed by atoms with Gasteiger partial charge < -0.3 is 20.1 Å². The summed E-state index contributed by atoms with van der Waals surface area (Å²) in [5.74, 6) is 2.91. The lowest BCUT2D eigenvalue weighted by molar-refractivity contribution is 0.174. The summed E-state index contributed by atoms with van der Waals surface area (Å²) in [5, 5.41) is 6.59. The Labute approximate surface area is 145 Å². The zero-order valence-electron chi connectivity index (χ0n) is 14.0. The summed E-state index contributed by atoms with van der Waals surface area (Å²) >= 11 is 0. The zero-order chi connectivity index (χ0) is 17.2. The molecule has 6 nitrogen and oxygen atoms in total. The largest absolute Gasteiger partial charge is 0.454 e. The maximum Gasteiger partial charge on any atom is 0.231 e. The summed E-state index contributed by atoms with van der Waals surface area (Å²) in [6, 6.07) is 13.8. The number of hydrogen-bond donors (Lipinski definition) is 2. The quantitative estimate of drug-likeness (QED) is 0.741. The van der Waals surface area contributed by atoms with Crippen LogP contribution in [0.3, 0.4) is 0 Å². The first kappa shape index (κ1) is 15.3. The molecule has 0 unspecified atom stereocenters. The van der Waals surface area contributed by atoms with Crippen molar-refractivity contribution >= 4 is 23.0 Å². The van der Waals surface area contributed by atoms with Crippen LogP contribution in [0.15, 0.2) is 48.8 Å².